The van der Waals surface area contributed by atoms with Crippen LogP contribution in [0.3, 0.4) is 0 Å². The summed E-state index contributed by atoms with van der Waals surface area (Å²) < 4.78 is 22.7. The average Bonchev–Trinajstić information content (AvgIpc) is 2.47. The summed E-state index contributed by atoms with van der Waals surface area (Å²) in [7, 11) is -3.04. The highest BCUT2D eigenvalue weighted by Crippen LogP contribution is 2.19. The number of amides is 2. The molecular weight excluding hydrogens is 310 g/mol. The molecule has 120 valence electrons. The van der Waals surface area contributed by atoms with Crippen molar-refractivity contribution in [3.05, 3.63) is 39.9 Å². The van der Waals surface area contributed by atoms with E-state index in [-0.39, 0.29) is 36.3 Å². The molecule has 0 aromatic heterocycles. The average molecular weight is 327 g/mol. The fraction of sp³-hybridized carbons (Fsp3) is 0.462. The molecule has 0 unspecified atom stereocenters. The second kappa shape index (κ2) is 6.30. The lowest BCUT2D eigenvalue weighted by molar-refractivity contribution is -0.384. The molecule has 1 aliphatic heterocycles. The van der Waals surface area contributed by atoms with Gasteiger partial charge in [0.1, 0.15) is 0 Å². The summed E-state index contributed by atoms with van der Waals surface area (Å²) in [5.74, 6) is -0.0722. The molecule has 0 aliphatic carbocycles. The molecule has 1 N–H and O–H groups in total. The van der Waals surface area contributed by atoms with Gasteiger partial charge in [0, 0.05) is 25.2 Å². The molecule has 9 heteroatoms. The van der Waals surface area contributed by atoms with Crippen LogP contribution in [0.2, 0.25) is 0 Å². The Kier molecular flexibility index (Phi) is 4.65. The number of nitrogens with zero attached hydrogens (tertiary/aromatic N) is 2. The minimum atomic E-state index is -3.04. The zero-order chi connectivity index (χ0) is 16.3. The molecule has 1 atom stereocenters. The maximum atomic E-state index is 12.1. The van der Waals surface area contributed by atoms with E-state index in [1.807, 2.05) is 0 Å². The number of non-ortho nitro benzene ring substituents is 1. The van der Waals surface area contributed by atoms with E-state index in [9.17, 15) is 23.3 Å². The molecule has 2 rings (SSSR count). The van der Waals surface area contributed by atoms with Gasteiger partial charge < -0.3 is 10.2 Å². The number of nitro groups is 1. The fourth-order valence-electron chi connectivity index (χ4n) is 2.18. The van der Waals surface area contributed by atoms with E-state index < -0.39 is 20.8 Å². The smallest absolute Gasteiger partial charge is 0.317 e. The standard InChI is InChI=1S/C13H17N3O5S/c1-10(11-3-2-4-12(9-11)16(18)19)14-13(17)15-5-7-22(20,21)8-6-15/h2-4,9-10H,5-8H2,1H3,(H,14,17)/t10-/m1/s1. The van der Waals surface area contributed by atoms with Crippen LogP contribution in [0, 0.1) is 10.1 Å². The molecule has 22 heavy (non-hydrogen) atoms. The zero-order valence-electron chi connectivity index (χ0n) is 12.1. The van der Waals surface area contributed by atoms with E-state index in [1.54, 1.807) is 19.1 Å². The molecule has 1 aliphatic rings. The molecule has 0 bridgehead atoms. The normalized spacial score (nSPS) is 18.5. The second-order valence-electron chi connectivity index (χ2n) is 5.16. The lowest BCUT2D eigenvalue weighted by atomic mass is 10.1. The van der Waals surface area contributed by atoms with Gasteiger partial charge in [-0.1, -0.05) is 12.1 Å². The van der Waals surface area contributed by atoms with Gasteiger partial charge in [-0.05, 0) is 12.5 Å². The lowest BCUT2D eigenvalue weighted by Crippen LogP contribution is -2.48. The van der Waals surface area contributed by atoms with E-state index >= 15 is 0 Å². The van der Waals surface area contributed by atoms with Gasteiger partial charge in [-0.15, -0.1) is 0 Å². The number of hydrogen-bond acceptors (Lipinski definition) is 5. The molecule has 1 aromatic carbocycles. The van der Waals surface area contributed by atoms with E-state index in [1.165, 1.54) is 17.0 Å². The number of nitrogens with one attached hydrogen (secondary N) is 1. The summed E-state index contributed by atoms with van der Waals surface area (Å²) in [5, 5.41) is 13.5. The van der Waals surface area contributed by atoms with Gasteiger partial charge in [0.25, 0.3) is 5.69 Å². The molecular formula is C13H17N3O5S. The van der Waals surface area contributed by atoms with Crippen molar-refractivity contribution < 1.29 is 18.1 Å². The molecule has 0 spiro atoms. The first-order valence-corrected chi connectivity index (χ1v) is 8.61. The first kappa shape index (κ1) is 16.2. The van der Waals surface area contributed by atoms with Crippen molar-refractivity contribution in [1.29, 1.82) is 0 Å². The van der Waals surface area contributed by atoms with Crippen LogP contribution >= 0.6 is 0 Å². The summed E-state index contributed by atoms with van der Waals surface area (Å²) in [4.78, 5) is 23.8. The van der Waals surface area contributed by atoms with E-state index in [0.717, 1.165) is 0 Å². The minimum absolute atomic E-state index is 0.0361. The molecule has 8 nitrogen and oxygen atoms in total. The Balaban J connectivity index is 1.99. The number of urea groups is 1. The van der Waals surface area contributed by atoms with Crippen molar-refractivity contribution in [3.8, 4) is 0 Å². The molecule has 0 radical (unpaired) electrons. The largest absolute Gasteiger partial charge is 0.331 e. The summed E-state index contributed by atoms with van der Waals surface area (Å²) in [5.41, 5.74) is 0.579. The quantitative estimate of drug-likeness (QED) is 0.660. The third-order valence-corrected chi connectivity index (χ3v) is 5.16. The second-order valence-corrected chi connectivity index (χ2v) is 7.47. The van der Waals surface area contributed by atoms with Crippen molar-refractivity contribution in [1.82, 2.24) is 10.2 Å². The number of hydrogen-bond donors (Lipinski definition) is 1. The highest BCUT2D eigenvalue weighted by atomic mass is 32.2. The monoisotopic (exact) mass is 327 g/mol. The molecule has 1 aromatic rings. The van der Waals surface area contributed by atoms with Gasteiger partial charge in [0.05, 0.1) is 22.5 Å². The number of sulfone groups is 1. The Morgan fingerprint density at radius 2 is 2.00 bits per heavy atom. The predicted octanol–water partition coefficient (Wildman–Crippen LogP) is 1.10. The maximum absolute atomic E-state index is 12.1. The van der Waals surface area contributed by atoms with Crippen LogP contribution < -0.4 is 5.32 Å². The van der Waals surface area contributed by atoms with Gasteiger partial charge in [0.2, 0.25) is 0 Å². The molecule has 1 saturated heterocycles. The predicted molar refractivity (Wildman–Crippen MR) is 80.3 cm³/mol. The van der Waals surface area contributed by atoms with Gasteiger partial charge in [-0.2, -0.15) is 0 Å². The maximum Gasteiger partial charge on any atom is 0.317 e. The fourth-order valence-corrected chi connectivity index (χ4v) is 3.38. The highest BCUT2D eigenvalue weighted by molar-refractivity contribution is 7.91. The summed E-state index contributed by atoms with van der Waals surface area (Å²) in [6.45, 7) is 2.04. The molecule has 2 amide bonds. The SMILES string of the molecule is C[C@@H](NC(=O)N1CCS(=O)(=O)CC1)c1cccc([N+](=O)[O-])c1. The number of benzene rings is 1. The van der Waals surface area contributed by atoms with Crippen LogP contribution in [0.25, 0.3) is 0 Å². The van der Waals surface area contributed by atoms with E-state index in [4.69, 9.17) is 0 Å². The number of carbonyl (C=O) groups is 1. The first-order chi connectivity index (χ1) is 10.3. The molecule has 1 heterocycles. The van der Waals surface area contributed by atoms with Crippen LogP contribution in [-0.2, 0) is 9.84 Å². The summed E-state index contributed by atoms with van der Waals surface area (Å²) in [6.07, 6.45) is 0. The van der Waals surface area contributed by atoms with Crippen molar-refractivity contribution in [3.63, 3.8) is 0 Å². The van der Waals surface area contributed by atoms with Crippen LogP contribution in [0.5, 0.6) is 0 Å². The third kappa shape index (κ3) is 3.94. The summed E-state index contributed by atoms with van der Waals surface area (Å²) >= 11 is 0. The summed E-state index contributed by atoms with van der Waals surface area (Å²) in [6, 6.07) is 5.27. The van der Waals surface area contributed by atoms with Gasteiger partial charge in [0.15, 0.2) is 9.84 Å². The van der Waals surface area contributed by atoms with Crippen molar-refractivity contribution in [2.45, 2.75) is 13.0 Å². The minimum Gasteiger partial charge on any atom is -0.331 e. The topological polar surface area (TPSA) is 110 Å². The van der Waals surface area contributed by atoms with E-state index in [0.29, 0.717) is 5.56 Å². The highest BCUT2D eigenvalue weighted by Gasteiger charge is 2.26. The number of nitro benzene ring substituents is 1. The van der Waals surface area contributed by atoms with Crippen LogP contribution in [0.4, 0.5) is 10.5 Å². The Morgan fingerprint density at radius 1 is 1.36 bits per heavy atom. The van der Waals surface area contributed by atoms with Gasteiger partial charge >= 0.3 is 6.03 Å². The van der Waals surface area contributed by atoms with Crippen molar-refractivity contribution in [2.24, 2.45) is 0 Å². The Hall–Kier alpha value is -2.16. The Bertz CT molecular complexity index is 675. The van der Waals surface area contributed by atoms with Gasteiger partial charge in [-0.3, -0.25) is 10.1 Å². The third-order valence-electron chi connectivity index (χ3n) is 3.55. The Labute approximate surface area is 128 Å². The zero-order valence-corrected chi connectivity index (χ0v) is 12.9. The van der Waals surface area contributed by atoms with Gasteiger partial charge in [-0.25, -0.2) is 13.2 Å². The number of rotatable bonds is 3. The lowest BCUT2D eigenvalue weighted by Gasteiger charge is -2.28. The van der Waals surface area contributed by atoms with Crippen LogP contribution in [0.15, 0.2) is 24.3 Å². The first-order valence-electron chi connectivity index (χ1n) is 6.79. The molecule has 1 fully saturated rings. The Morgan fingerprint density at radius 3 is 2.59 bits per heavy atom. The van der Waals surface area contributed by atoms with Crippen molar-refractivity contribution in [2.75, 3.05) is 24.6 Å². The van der Waals surface area contributed by atoms with Crippen molar-refractivity contribution >= 4 is 21.6 Å². The van der Waals surface area contributed by atoms with Crippen LogP contribution in [0.1, 0.15) is 18.5 Å². The number of carbonyl (C=O) groups excluding carboxylic acids is 1. The molecule has 0 saturated carbocycles. The van der Waals surface area contributed by atoms with Crippen LogP contribution in [-0.4, -0.2) is 48.9 Å². The van der Waals surface area contributed by atoms with E-state index in [2.05, 4.69) is 5.32 Å².